The molecule has 14 heavy (non-hydrogen) atoms. The van der Waals surface area contributed by atoms with Crippen molar-refractivity contribution in [1.82, 2.24) is 0 Å². The Morgan fingerprint density at radius 1 is 1.00 bits per heavy atom. The summed E-state index contributed by atoms with van der Waals surface area (Å²) in [4.78, 5) is 0. The summed E-state index contributed by atoms with van der Waals surface area (Å²) in [5, 5.41) is 17.1. The molecular weight excluding hydrogens is 176 g/mol. The predicted molar refractivity (Wildman–Crippen MR) is 62.4 cm³/mol. The minimum absolute atomic E-state index is 0.0973. The van der Waals surface area contributed by atoms with Crippen LogP contribution in [0.1, 0.15) is 59.8 Å². The van der Waals surface area contributed by atoms with Crippen molar-refractivity contribution in [3.8, 4) is 0 Å². The van der Waals surface area contributed by atoms with Crippen LogP contribution in [0.15, 0.2) is 0 Å². The lowest BCUT2D eigenvalue weighted by Crippen LogP contribution is -1.98. The van der Waals surface area contributed by atoms with Gasteiger partial charge < -0.3 is 10.2 Å². The predicted octanol–water partition coefficient (Wildman–Crippen LogP) is 2.97. The van der Waals surface area contributed by atoms with Gasteiger partial charge in [0, 0.05) is 6.61 Å². The molecule has 0 saturated heterocycles. The van der Waals surface area contributed by atoms with E-state index in [-0.39, 0.29) is 6.10 Å². The van der Waals surface area contributed by atoms with Crippen molar-refractivity contribution in [2.75, 3.05) is 6.61 Å². The fraction of sp³-hybridized carbons (Fsp3) is 1.00. The van der Waals surface area contributed by atoms with Gasteiger partial charge in [-0.2, -0.15) is 0 Å². The molecule has 0 bridgehead atoms. The zero-order valence-electron chi connectivity index (χ0n) is 10.3. The van der Waals surface area contributed by atoms with E-state index in [9.17, 15) is 0 Å². The fourth-order valence-corrected chi connectivity index (χ4v) is 1.08. The van der Waals surface area contributed by atoms with Gasteiger partial charge in [0.05, 0.1) is 6.10 Å². The molecule has 0 aliphatic rings. The Balaban J connectivity index is 0. The van der Waals surface area contributed by atoms with E-state index in [1.807, 2.05) is 6.92 Å². The van der Waals surface area contributed by atoms with Gasteiger partial charge in [0.15, 0.2) is 0 Å². The summed E-state index contributed by atoms with van der Waals surface area (Å²) < 4.78 is 0. The van der Waals surface area contributed by atoms with Crippen LogP contribution >= 0.6 is 0 Å². The molecule has 0 heterocycles. The van der Waals surface area contributed by atoms with Crippen LogP contribution in [0.3, 0.4) is 0 Å². The SMILES string of the molecule is CCCC(C)CO.CCCCC(C)O. The Labute approximate surface area is 89.3 Å². The van der Waals surface area contributed by atoms with Gasteiger partial charge in [-0.1, -0.05) is 40.0 Å². The van der Waals surface area contributed by atoms with E-state index in [1.54, 1.807) is 0 Å². The summed E-state index contributed by atoms with van der Waals surface area (Å²) in [6.07, 6.45) is 5.53. The number of hydrogen-bond acceptors (Lipinski definition) is 2. The summed E-state index contributed by atoms with van der Waals surface area (Å²) in [5.41, 5.74) is 0. The second kappa shape index (κ2) is 12.9. The van der Waals surface area contributed by atoms with Crippen LogP contribution in [0.5, 0.6) is 0 Å². The minimum atomic E-state index is -0.0973. The molecule has 0 rings (SSSR count). The lowest BCUT2D eigenvalue weighted by molar-refractivity contribution is 0.181. The molecule has 0 aromatic rings. The molecule has 0 radical (unpaired) electrons. The number of aliphatic hydroxyl groups is 2. The van der Waals surface area contributed by atoms with E-state index in [4.69, 9.17) is 10.2 Å². The zero-order valence-corrected chi connectivity index (χ0v) is 10.3. The summed E-state index contributed by atoms with van der Waals surface area (Å²) in [5.74, 6) is 0.505. The van der Waals surface area contributed by atoms with E-state index in [0.717, 1.165) is 19.3 Å². The van der Waals surface area contributed by atoms with Crippen molar-refractivity contribution in [1.29, 1.82) is 0 Å². The molecule has 0 aromatic carbocycles. The van der Waals surface area contributed by atoms with Gasteiger partial charge in [-0.3, -0.25) is 0 Å². The highest BCUT2D eigenvalue weighted by Crippen LogP contribution is 2.01. The van der Waals surface area contributed by atoms with Gasteiger partial charge in [0.1, 0.15) is 0 Å². The molecule has 0 saturated carbocycles. The van der Waals surface area contributed by atoms with Crippen molar-refractivity contribution in [3.63, 3.8) is 0 Å². The summed E-state index contributed by atoms with van der Waals surface area (Å²) in [6, 6.07) is 0. The first-order valence-electron chi connectivity index (χ1n) is 5.87. The molecule has 2 unspecified atom stereocenters. The first kappa shape index (κ1) is 16.4. The third kappa shape index (κ3) is 17.9. The Bertz CT molecular complexity index is 92.3. The van der Waals surface area contributed by atoms with Gasteiger partial charge in [0.2, 0.25) is 0 Å². The maximum absolute atomic E-state index is 8.68. The van der Waals surface area contributed by atoms with Crippen LogP contribution in [-0.2, 0) is 0 Å². The third-order valence-corrected chi connectivity index (χ3v) is 2.07. The number of aliphatic hydroxyl groups excluding tert-OH is 2. The second-order valence-corrected chi connectivity index (χ2v) is 4.07. The Hall–Kier alpha value is -0.0800. The van der Waals surface area contributed by atoms with Crippen molar-refractivity contribution in [2.24, 2.45) is 5.92 Å². The average Bonchev–Trinajstić information content (AvgIpc) is 2.16. The molecule has 2 atom stereocenters. The maximum atomic E-state index is 8.68. The van der Waals surface area contributed by atoms with Crippen LogP contribution < -0.4 is 0 Å². The van der Waals surface area contributed by atoms with Crippen LogP contribution in [0.2, 0.25) is 0 Å². The Kier molecular flexibility index (Phi) is 15.1. The van der Waals surface area contributed by atoms with Crippen LogP contribution in [0.25, 0.3) is 0 Å². The topological polar surface area (TPSA) is 40.5 Å². The largest absolute Gasteiger partial charge is 0.396 e. The van der Waals surface area contributed by atoms with Crippen LogP contribution in [0, 0.1) is 5.92 Å². The van der Waals surface area contributed by atoms with E-state index >= 15 is 0 Å². The molecule has 0 spiro atoms. The molecular formula is C12H28O2. The van der Waals surface area contributed by atoms with Crippen LogP contribution in [0.4, 0.5) is 0 Å². The highest BCUT2D eigenvalue weighted by Gasteiger charge is 1.94. The van der Waals surface area contributed by atoms with E-state index < -0.39 is 0 Å². The molecule has 88 valence electrons. The minimum Gasteiger partial charge on any atom is -0.396 e. The van der Waals surface area contributed by atoms with Crippen molar-refractivity contribution >= 4 is 0 Å². The molecule has 0 aromatic heterocycles. The number of unbranched alkanes of at least 4 members (excludes halogenated alkanes) is 1. The highest BCUT2D eigenvalue weighted by molar-refractivity contribution is 4.45. The van der Waals surface area contributed by atoms with Crippen LogP contribution in [-0.4, -0.2) is 22.9 Å². The van der Waals surface area contributed by atoms with E-state index in [2.05, 4.69) is 20.8 Å². The Morgan fingerprint density at radius 3 is 1.71 bits per heavy atom. The normalized spacial score (nSPS) is 14.1. The highest BCUT2D eigenvalue weighted by atomic mass is 16.3. The van der Waals surface area contributed by atoms with Gasteiger partial charge in [-0.15, -0.1) is 0 Å². The second-order valence-electron chi connectivity index (χ2n) is 4.07. The van der Waals surface area contributed by atoms with Gasteiger partial charge in [-0.05, 0) is 25.7 Å². The quantitative estimate of drug-likeness (QED) is 0.698. The number of hydrogen-bond donors (Lipinski definition) is 2. The van der Waals surface area contributed by atoms with Gasteiger partial charge in [0.25, 0.3) is 0 Å². The monoisotopic (exact) mass is 204 g/mol. The van der Waals surface area contributed by atoms with Gasteiger partial charge >= 0.3 is 0 Å². The smallest absolute Gasteiger partial charge is 0.0512 e. The molecule has 0 aliphatic heterocycles. The fourth-order valence-electron chi connectivity index (χ4n) is 1.08. The molecule has 0 fully saturated rings. The lowest BCUT2D eigenvalue weighted by Gasteiger charge is -2.01. The molecule has 2 N–H and O–H groups in total. The Morgan fingerprint density at radius 2 is 1.57 bits per heavy atom. The average molecular weight is 204 g/mol. The summed E-state index contributed by atoms with van der Waals surface area (Å²) in [7, 11) is 0. The van der Waals surface area contributed by atoms with Crippen molar-refractivity contribution < 1.29 is 10.2 Å². The van der Waals surface area contributed by atoms with E-state index in [1.165, 1.54) is 12.8 Å². The zero-order chi connectivity index (χ0) is 11.4. The number of rotatable bonds is 6. The van der Waals surface area contributed by atoms with Crippen molar-refractivity contribution in [3.05, 3.63) is 0 Å². The standard InChI is InChI=1S/2C6H14O/c1-3-4-6(2)5-7;1-3-4-5-6(2)7/h2*6-7H,3-5H2,1-2H3. The first-order chi connectivity index (χ1) is 6.58. The van der Waals surface area contributed by atoms with Gasteiger partial charge in [-0.25, -0.2) is 0 Å². The third-order valence-electron chi connectivity index (χ3n) is 2.07. The molecule has 2 heteroatoms. The lowest BCUT2D eigenvalue weighted by atomic mass is 10.1. The first-order valence-corrected chi connectivity index (χ1v) is 5.87. The summed E-state index contributed by atoms with van der Waals surface area (Å²) >= 11 is 0. The van der Waals surface area contributed by atoms with Crippen molar-refractivity contribution in [2.45, 2.75) is 65.9 Å². The maximum Gasteiger partial charge on any atom is 0.0512 e. The molecule has 2 nitrogen and oxygen atoms in total. The van der Waals surface area contributed by atoms with E-state index in [0.29, 0.717) is 12.5 Å². The molecule has 0 aliphatic carbocycles. The molecule has 0 amide bonds. The summed E-state index contributed by atoms with van der Waals surface area (Å²) in [6.45, 7) is 8.49.